The standard InChI is InChI=1S/C26H28F2N6O/c1-15-18-11-17(27)3-4-19(18)32-25(30-15)26-12-16(13-26)22(14-26)34-9-7-33(8-10-34)21-6-5-20(24(35)29-2)31-23(21)28/h3-6,11,16,22H,1,7-10,12-14H2,2H3,(H,29,35)(H,30,32). The Morgan fingerprint density at radius 1 is 1.14 bits per heavy atom. The van der Waals surface area contributed by atoms with Crippen molar-refractivity contribution >= 4 is 28.8 Å². The molecule has 2 bridgehead atoms. The van der Waals surface area contributed by atoms with Gasteiger partial charge >= 0.3 is 0 Å². The molecule has 2 N–H and O–H groups in total. The maximum Gasteiger partial charge on any atom is 0.269 e. The average molecular weight is 479 g/mol. The first-order valence-corrected chi connectivity index (χ1v) is 12.1. The molecular weight excluding hydrogens is 450 g/mol. The summed E-state index contributed by atoms with van der Waals surface area (Å²) in [5.74, 6) is 0.294. The molecule has 1 amide bonds. The van der Waals surface area contributed by atoms with Gasteiger partial charge in [0.25, 0.3) is 5.91 Å². The SMILES string of the molecule is C=C1NC(C23CC(C2)C(N2CCN(c4ccc(C(=O)NC)nc4F)CC2)C3)=Nc2ccc(F)cc21. The molecule has 3 aliphatic carbocycles. The molecule has 182 valence electrons. The number of carbonyl (C=O) groups excluding carboxylic acids is 1. The number of anilines is 1. The molecule has 4 fully saturated rings. The number of fused-ring (bicyclic) bond motifs is 2. The van der Waals surface area contributed by atoms with Crippen molar-refractivity contribution in [1.29, 1.82) is 0 Å². The highest BCUT2D eigenvalue weighted by atomic mass is 19.1. The first-order chi connectivity index (χ1) is 16.9. The molecule has 0 spiro atoms. The molecule has 1 atom stereocenters. The number of amides is 1. The number of rotatable bonds is 4. The summed E-state index contributed by atoms with van der Waals surface area (Å²) in [5, 5.41) is 5.85. The van der Waals surface area contributed by atoms with Gasteiger partial charge in [-0.3, -0.25) is 9.69 Å². The summed E-state index contributed by atoms with van der Waals surface area (Å²) >= 11 is 0. The quantitative estimate of drug-likeness (QED) is 0.660. The summed E-state index contributed by atoms with van der Waals surface area (Å²) in [4.78, 5) is 25.0. The minimum Gasteiger partial charge on any atom is -0.365 e. The second-order valence-electron chi connectivity index (χ2n) is 10.1. The monoisotopic (exact) mass is 478 g/mol. The average Bonchev–Trinajstić information content (AvgIpc) is 3.41. The number of benzene rings is 1. The van der Waals surface area contributed by atoms with Gasteiger partial charge < -0.3 is 15.5 Å². The highest BCUT2D eigenvalue weighted by Gasteiger charge is 2.60. The lowest BCUT2D eigenvalue weighted by Crippen LogP contribution is -2.51. The van der Waals surface area contributed by atoms with Crippen LogP contribution in [-0.4, -0.2) is 60.9 Å². The Morgan fingerprint density at radius 2 is 1.91 bits per heavy atom. The van der Waals surface area contributed by atoms with Crippen molar-refractivity contribution < 1.29 is 13.6 Å². The summed E-state index contributed by atoms with van der Waals surface area (Å²) < 4.78 is 28.3. The van der Waals surface area contributed by atoms with E-state index in [-0.39, 0.29) is 16.9 Å². The maximum absolute atomic E-state index is 14.6. The number of halogens is 2. The third kappa shape index (κ3) is 3.60. The number of carbonyl (C=O) groups is 1. The number of aromatic nitrogens is 1. The van der Waals surface area contributed by atoms with Gasteiger partial charge in [-0.2, -0.15) is 4.39 Å². The molecule has 2 aromatic rings. The lowest BCUT2D eigenvalue weighted by Gasteiger charge is -2.42. The van der Waals surface area contributed by atoms with Gasteiger partial charge in [0.05, 0.1) is 11.4 Å². The molecule has 7 nitrogen and oxygen atoms in total. The number of nitrogens with one attached hydrogen (secondary N) is 2. The highest BCUT2D eigenvalue weighted by molar-refractivity contribution is 6.01. The van der Waals surface area contributed by atoms with Crippen LogP contribution in [0.4, 0.5) is 20.2 Å². The van der Waals surface area contributed by atoms with Crippen LogP contribution in [0.5, 0.6) is 0 Å². The van der Waals surface area contributed by atoms with E-state index in [1.54, 1.807) is 18.2 Å². The van der Waals surface area contributed by atoms with Crippen molar-refractivity contribution in [3.63, 3.8) is 0 Å². The Kier molecular flexibility index (Phi) is 5.14. The number of piperazine rings is 1. The fourth-order valence-corrected chi connectivity index (χ4v) is 6.34. The molecule has 9 heteroatoms. The van der Waals surface area contributed by atoms with Gasteiger partial charge in [0.1, 0.15) is 17.3 Å². The van der Waals surface area contributed by atoms with Crippen molar-refractivity contribution in [3.05, 3.63) is 59.9 Å². The van der Waals surface area contributed by atoms with E-state index in [0.29, 0.717) is 36.4 Å². The van der Waals surface area contributed by atoms with E-state index in [9.17, 15) is 13.6 Å². The lowest BCUT2D eigenvalue weighted by atomic mass is 9.68. The topological polar surface area (TPSA) is 72.9 Å². The zero-order valence-corrected chi connectivity index (χ0v) is 19.7. The normalized spacial score (nSPS) is 27.6. The van der Waals surface area contributed by atoms with E-state index in [1.165, 1.54) is 19.2 Å². The van der Waals surface area contributed by atoms with Gasteiger partial charge in [-0.25, -0.2) is 14.4 Å². The molecule has 1 saturated heterocycles. The molecule has 35 heavy (non-hydrogen) atoms. The molecule has 0 radical (unpaired) electrons. The molecular formula is C26H28F2N6O. The Balaban J connectivity index is 1.12. The Morgan fingerprint density at radius 3 is 2.63 bits per heavy atom. The fourth-order valence-electron chi connectivity index (χ4n) is 6.34. The molecule has 3 heterocycles. The Labute approximate surface area is 202 Å². The summed E-state index contributed by atoms with van der Waals surface area (Å²) in [6.07, 6.45) is 3.21. The van der Waals surface area contributed by atoms with Gasteiger partial charge in [0, 0.05) is 55.9 Å². The van der Waals surface area contributed by atoms with E-state index in [0.717, 1.165) is 49.4 Å². The highest BCUT2D eigenvalue weighted by Crippen LogP contribution is 2.61. The summed E-state index contributed by atoms with van der Waals surface area (Å²) in [5.41, 5.74) is 2.75. The Hall–Kier alpha value is -3.33. The van der Waals surface area contributed by atoms with E-state index in [4.69, 9.17) is 4.99 Å². The van der Waals surface area contributed by atoms with Crippen LogP contribution in [0, 0.1) is 23.1 Å². The number of hydrogen-bond acceptors (Lipinski definition) is 6. The van der Waals surface area contributed by atoms with Crippen molar-refractivity contribution in [2.45, 2.75) is 25.3 Å². The van der Waals surface area contributed by atoms with E-state index >= 15 is 0 Å². The second-order valence-corrected chi connectivity index (χ2v) is 10.1. The number of nitrogens with zero attached hydrogens (tertiary/aromatic N) is 4. The predicted octanol–water partition coefficient (Wildman–Crippen LogP) is 3.31. The van der Waals surface area contributed by atoms with Crippen LogP contribution in [0.15, 0.2) is 41.9 Å². The molecule has 3 saturated carbocycles. The van der Waals surface area contributed by atoms with E-state index in [1.807, 2.05) is 4.90 Å². The molecule has 5 aliphatic rings. The lowest BCUT2D eigenvalue weighted by molar-refractivity contribution is 0.0957. The summed E-state index contributed by atoms with van der Waals surface area (Å²) in [7, 11) is 1.50. The first-order valence-electron chi connectivity index (χ1n) is 12.1. The molecule has 7 rings (SSSR count). The molecule has 1 aromatic carbocycles. The first kappa shape index (κ1) is 22.2. The number of amidine groups is 1. The van der Waals surface area contributed by atoms with Crippen LogP contribution in [0.1, 0.15) is 35.3 Å². The van der Waals surface area contributed by atoms with Crippen LogP contribution < -0.4 is 15.5 Å². The fraction of sp³-hybridized carbons (Fsp3) is 0.423. The van der Waals surface area contributed by atoms with Gasteiger partial charge in [-0.1, -0.05) is 6.58 Å². The maximum atomic E-state index is 14.6. The predicted molar refractivity (Wildman–Crippen MR) is 131 cm³/mol. The smallest absolute Gasteiger partial charge is 0.269 e. The van der Waals surface area contributed by atoms with Gasteiger partial charge in [0.2, 0.25) is 5.95 Å². The van der Waals surface area contributed by atoms with Crippen molar-refractivity contribution in [2.75, 3.05) is 38.1 Å². The van der Waals surface area contributed by atoms with Gasteiger partial charge in [0.15, 0.2) is 0 Å². The third-order valence-electron chi connectivity index (χ3n) is 8.15. The van der Waals surface area contributed by atoms with Crippen molar-refractivity contribution in [3.8, 4) is 0 Å². The molecule has 1 unspecified atom stereocenters. The van der Waals surface area contributed by atoms with Crippen LogP contribution in [0.25, 0.3) is 5.70 Å². The van der Waals surface area contributed by atoms with Crippen LogP contribution in [-0.2, 0) is 0 Å². The zero-order chi connectivity index (χ0) is 24.3. The second kappa shape index (κ2) is 8.12. The van der Waals surface area contributed by atoms with E-state index in [2.05, 4.69) is 27.1 Å². The van der Waals surface area contributed by atoms with E-state index < -0.39 is 11.9 Å². The van der Waals surface area contributed by atoms with Crippen LogP contribution >= 0.6 is 0 Å². The zero-order valence-electron chi connectivity index (χ0n) is 19.7. The van der Waals surface area contributed by atoms with Crippen molar-refractivity contribution in [1.82, 2.24) is 20.5 Å². The number of pyridine rings is 1. The number of hydrogen-bond donors (Lipinski definition) is 2. The summed E-state index contributed by atoms with van der Waals surface area (Å²) in [6.45, 7) is 7.23. The molecule has 2 aliphatic heterocycles. The van der Waals surface area contributed by atoms with Crippen LogP contribution in [0.3, 0.4) is 0 Å². The largest absolute Gasteiger partial charge is 0.365 e. The van der Waals surface area contributed by atoms with Crippen molar-refractivity contribution in [2.24, 2.45) is 16.3 Å². The molecule has 1 aromatic heterocycles. The van der Waals surface area contributed by atoms with Gasteiger partial charge in [-0.15, -0.1) is 0 Å². The minimum absolute atomic E-state index is 0.0210. The minimum atomic E-state index is -0.608. The van der Waals surface area contributed by atoms with Crippen LogP contribution in [0.2, 0.25) is 0 Å². The number of aliphatic imine (C=N–C) groups is 1. The van der Waals surface area contributed by atoms with Gasteiger partial charge in [-0.05, 0) is 55.5 Å². The Bertz CT molecular complexity index is 1250. The third-order valence-corrected chi connectivity index (χ3v) is 8.15. The summed E-state index contributed by atoms with van der Waals surface area (Å²) in [6, 6.07) is 8.34.